The first-order valence-corrected chi connectivity index (χ1v) is 6.88. The fourth-order valence-corrected chi connectivity index (χ4v) is 2.37. The summed E-state index contributed by atoms with van der Waals surface area (Å²) in [6, 6.07) is 15.8. The van der Waals surface area contributed by atoms with E-state index in [1.165, 1.54) is 16.3 Å². The van der Waals surface area contributed by atoms with Crippen LogP contribution in [0.2, 0.25) is 0 Å². The van der Waals surface area contributed by atoms with Gasteiger partial charge in [-0.1, -0.05) is 42.5 Å². The van der Waals surface area contributed by atoms with E-state index in [4.69, 9.17) is 0 Å². The van der Waals surface area contributed by atoms with Crippen LogP contribution >= 0.6 is 0 Å². The first kappa shape index (κ1) is 13.6. The number of fused-ring (bicyclic) bond motifs is 1. The highest BCUT2D eigenvalue weighted by Crippen LogP contribution is 2.17. The molecule has 1 atom stereocenters. The van der Waals surface area contributed by atoms with Gasteiger partial charge in [0.15, 0.2) is 0 Å². The molecule has 0 aliphatic heterocycles. The number of rotatable bonds is 5. The molecule has 1 heteroatoms. The zero-order chi connectivity index (χ0) is 13.5. The van der Waals surface area contributed by atoms with Crippen LogP contribution in [0.1, 0.15) is 25.3 Å². The fourth-order valence-electron chi connectivity index (χ4n) is 2.37. The minimum absolute atomic E-state index is 0.502. The van der Waals surface area contributed by atoms with Gasteiger partial charge >= 0.3 is 0 Å². The van der Waals surface area contributed by atoms with E-state index in [9.17, 15) is 0 Å². The lowest BCUT2D eigenvalue weighted by atomic mass is 9.99. The van der Waals surface area contributed by atoms with Gasteiger partial charge in [-0.05, 0) is 43.1 Å². The van der Waals surface area contributed by atoms with Crippen LogP contribution in [0.25, 0.3) is 10.8 Å². The normalized spacial score (nSPS) is 11.9. The lowest BCUT2D eigenvalue weighted by molar-refractivity contribution is 0.528. The van der Waals surface area contributed by atoms with E-state index in [2.05, 4.69) is 59.6 Å². The third kappa shape index (κ3) is 3.84. The number of nitrogens with one attached hydrogen (secondary N) is 1. The molecule has 2 rings (SSSR count). The van der Waals surface area contributed by atoms with E-state index in [1.54, 1.807) is 0 Å². The minimum atomic E-state index is 0.502. The zero-order valence-corrected chi connectivity index (χ0v) is 11.7. The highest BCUT2D eigenvalue weighted by Gasteiger charge is 2.06. The second kappa shape index (κ2) is 6.97. The Morgan fingerprint density at radius 3 is 2.63 bits per heavy atom. The van der Waals surface area contributed by atoms with Crippen LogP contribution in [0.5, 0.6) is 0 Å². The molecular formula is C18H21N. The molecule has 0 bridgehead atoms. The summed E-state index contributed by atoms with van der Waals surface area (Å²) in [6.45, 7) is 1.90. The van der Waals surface area contributed by atoms with Gasteiger partial charge in [-0.15, -0.1) is 11.8 Å². The van der Waals surface area contributed by atoms with Crippen molar-refractivity contribution in [3.63, 3.8) is 0 Å². The van der Waals surface area contributed by atoms with E-state index in [-0.39, 0.29) is 0 Å². The second-order valence-electron chi connectivity index (χ2n) is 4.84. The summed E-state index contributed by atoms with van der Waals surface area (Å²) in [6.07, 6.45) is 3.13. The molecule has 2 aromatic rings. The van der Waals surface area contributed by atoms with Crippen LogP contribution in [-0.2, 0) is 6.42 Å². The van der Waals surface area contributed by atoms with E-state index >= 15 is 0 Å². The van der Waals surface area contributed by atoms with Gasteiger partial charge in [0.2, 0.25) is 0 Å². The lowest BCUT2D eigenvalue weighted by Gasteiger charge is -2.15. The molecule has 0 amide bonds. The maximum Gasteiger partial charge on any atom is 0.0114 e. The van der Waals surface area contributed by atoms with E-state index in [0.29, 0.717) is 6.04 Å². The third-order valence-electron chi connectivity index (χ3n) is 3.50. The SMILES string of the molecule is CC#CCCC(Cc1ccc2ccccc2c1)NC. The lowest BCUT2D eigenvalue weighted by Crippen LogP contribution is -2.27. The van der Waals surface area contributed by atoms with Crippen LogP contribution in [0.3, 0.4) is 0 Å². The maximum absolute atomic E-state index is 3.39. The second-order valence-corrected chi connectivity index (χ2v) is 4.84. The predicted molar refractivity (Wildman–Crippen MR) is 83.2 cm³/mol. The van der Waals surface area contributed by atoms with Gasteiger partial charge in [0.25, 0.3) is 0 Å². The summed E-state index contributed by atoms with van der Waals surface area (Å²) < 4.78 is 0. The average molecular weight is 251 g/mol. The number of hydrogen-bond donors (Lipinski definition) is 1. The smallest absolute Gasteiger partial charge is 0.0114 e. The number of hydrogen-bond acceptors (Lipinski definition) is 1. The minimum Gasteiger partial charge on any atom is -0.317 e. The molecule has 0 saturated carbocycles. The summed E-state index contributed by atoms with van der Waals surface area (Å²) in [4.78, 5) is 0. The Morgan fingerprint density at radius 1 is 1.11 bits per heavy atom. The summed E-state index contributed by atoms with van der Waals surface area (Å²) in [5.74, 6) is 6.10. The molecular weight excluding hydrogens is 230 g/mol. The van der Waals surface area contributed by atoms with Crippen molar-refractivity contribution >= 4 is 10.8 Å². The molecule has 1 unspecified atom stereocenters. The number of benzene rings is 2. The molecule has 0 aliphatic carbocycles. The average Bonchev–Trinajstić information content (AvgIpc) is 2.46. The van der Waals surface area contributed by atoms with Crippen molar-refractivity contribution in [2.45, 2.75) is 32.2 Å². The molecule has 1 N–H and O–H groups in total. The van der Waals surface area contributed by atoms with E-state index < -0.39 is 0 Å². The van der Waals surface area contributed by atoms with Gasteiger partial charge < -0.3 is 5.32 Å². The van der Waals surface area contributed by atoms with Crippen LogP contribution in [-0.4, -0.2) is 13.1 Å². The van der Waals surface area contributed by atoms with Crippen LogP contribution in [0.15, 0.2) is 42.5 Å². The quantitative estimate of drug-likeness (QED) is 0.798. The molecule has 0 spiro atoms. The van der Waals surface area contributed by atoms with E-state index in [0.717, 1.165) is 19.3 Å². The molecule has 0 fully saturated rings. The van der Waals surface area contributed by atoms with Crippen LogP contribution in [0, 0.1) is 11.8 Å². The van der Waals surface area contributed by atoms with Gasteiger partial charge in [-0.25, -0.2) is 0 Å². The zero-order valence-electron chi connectivity index (χ0n) is 11.7. The Kier molecular flexibility index (Phi) is 5.01. The molecule has 0 aromatic heterocycles. The molecule has 98 valence electrons. The first-order chi connectivity index (χ1) is 9.33. The summed E-state index contributed by atoms with van der Waals surface area (Å²) >= 11 is 0. The molecule has 2 aromatic carbocycles. The highest BCUT2D eigenvalue weighted by atomic mass is 14.9. The molecule has 19 heavy (non-hydrogen) atoms. The first-order valence-electron chi connectivity index (χ1n) is 6.88. The van der Waals surface area contributed by atoms with Crippen molar-refractivity contribution in [1.82, 2.24) is 5.32 Å². The number of likely N-dealkylation sites (N-methyl/N-ethyl adjacent to an activating group) is 1. The Balaban J connectivity index is 2.07. The monoisotopic (exact) mass is 251 g/mol. The molecule has 0 heterocycles. The van der Waals surface area contributed by atoms with E-state index in [1.807, 2.05) is 14.0 Å². The largest absolute Gasteiger partial charge is 0.317 e. The Hall–Kier alpha value is -1.78. The van der Waals surface area contributed by atoms with Gasteiger partial charge in [0.05, 0.1) is 0 Å². The Bertz CT molecular complexity index is 589. The van der Waals surface area contributed by atoms with Crippen molar-refractivity contribution < 1.29 is 0 Å². The highest BCUT2D eigenvalue weighted by molar-refractivity contribution is 5.82. The Labute approximate surface area is 116 Å². The topological polar surface area (TPSA) is 12.0 Å². The summed E-state index contributed by atoms with van der Waals surface area (Å²) in [5.41, 5.74) is 1.39. The Morgan fingerprint density at radius 2 is 1.89 bits per heavy atom. The van der Waals surface area contributed by atoms with Gasteiger partial charge in [-0.3, -0.25) is 0 Å². The van der Waals surface area contributed by atoms with Crippen molar-refractivity contribution in [3.8, 4) is 11.8 Å². The van der Waals surface area contributed by atoms with Crippen LogP contribution in [0.4, 0.5) is 0 Å². The molecule has 0 aliphatic rings. The standard InChI is InChI=1S/C18H21N/c1-3-4-5-10-18(19-2)14-15-11-12-16-8-6-7-9-17(16)13-15/h6-9,11-13,18-19H,5,10,14H2,1-2H3. The van der Waals surface area contributed by atoms with Gasteiger partial charge in [0.1, 0.15) is 0 Å². The summed E-state index contributed by atoms with van der Waals surface area (Å²) in [5, 5.41) is 6.02. The molecule has 0 radical (unpaired) electrons. The fraction of sp³-hybridized carbons (Fsp3) is 0.333. The van der Waals surface area contributed by atoms with Crippen molar-refractivity contribution in [2.24, 2.45) is 0 Å². The molecule has 1 nitrogen and oxygen atoms in total. The summed E-state index contributed by atoms with van der Waals surface area (Å²) in [7, 11) is 2.03. The van der Waals surface area contributed by atoms with Crippen molar-refractivity contribution in [1.29, 1.82) is 0 Å². The van der Waals surface area contributed by atoms with Crippen molar-refractivity contribution in [2.75, 3.05) is 7.05 Å². The maximum atomic E-state index is 3.39. The third-order valence-corrected chi connectivity index (χ3v) is 3.50. The van der Waals surface area contributed by atoms with Crippen molar-refractivity contribution in [3.05, 3.63) is 48.0 Å². The van der Waals surface area contributed by atoms with Gasteiger partial charge in [-0.2, -0.15) is 0 Å². The van der Waals surface area contributed by atoms with Crippen LogP contribution < -0.4 is 5.32 Å². The molecule has 0 saturated heterocycles. The van der Waals surface area contributed by atoms with Gasteiger partial charge in [0, 0.05) is 12.5 Å². The predicted octanol–water partition coefficient (Wildman–Crippen LogP) is 3.77.